The number of ether oxygens (including phenoxy) is 1. The molecule has 24 heavy (non-hydrogen) atoms. The van der Waals surface area contributed by atoms with Gasteiger partial charge in [0.1, 0.15) is 11.9 Å². The fourth-order valence-electron chi connectivity index (χ4n) is 4.79. The average Bonchev–Trinajstić information content (AvgIpc) is 3.03. The molecule has 2 rings (SSSR count). The lowest BCUT2D eigenvalue weighted by molar-refractivity contribution is -0.0597. The molecule has 2 fully saturated rings. The topological polar surface area (TPSA) is 67.8 Å². The van der Waals surface area contributed by atoms with E-state index in [-0.39, 0.29) is 17.2 Å². The van der Waals surface area contributed by atoms with Crippen molar-refractivity contribution in [2.24, 2.45) is 33.6 Å². The summed E-state index contributed by atoms with van der Waals surface area (Å²) in [6.45, 7) is 11.3. The monoisotopic (exact) mass is 336 g/mol. The van der Waals surface area contributed by atoms with Crippen molar-refractivity contribution < 1.29 is 9.94 Å². The second-order valence-electron chi connectivity index (χ2n) is 8.85. The number of rotatable bonds is 8. The Morgan fingerprint density at radius 2 is 2.12 bits per heavy atom. The summed E-state index contributed by atoms with van der Waals surface area (Å²) >= 11 is 0. The Kier molecular flexibility index (Phi) is 5.87. The molecule has 2 aliphatic carbocycles. The maximum Gasteiger partial charge on any atom is 0.142 e. The van der Waals surface area contributed by atoms with Crippen LogP contribution >= 0.6 is 0 Å². The lowest BCUT2D eigenvalue weighted by Crippen LogP contribution is -2.42. The Hall–Kier alpha value is -1.19. The molecule has 0 spiro atoms. The van der Waals surface area contributed by atoms with Crippen molar-refractivity contribution in [3.63, 3.8) is 0 Å². The van der Waals surface area contributed by atoms with Crippen LogP contribution in [-0.4, -0.2) is 17.1 Å². The van der Waals surface area contributed by atoms with Gasteiger partial charge in [0.05, 0.1) is 5.76 Å². The van der Waals surface area contributed by atoms with Crippen LogP contribution in [0.3, 0.4) is 0 Å². The van der Waals surface area contributed by atoms with Crippen molar-refractivity contribution in [3.05, 3.63) is 11.8 Å². The van der Waals surface area contributed by atoms with Crippen LogP contribution in [0.2, 0.25) is 0 Å². The number of oxime groups is 1. The van der Waals surface area contributed by atoms with Gasteiger partial charge in [0, 0.05) is 23.2 Å². The molecule has 2 saturated carbocycles. The highest BCUT2D eigenvalue weighted by Crippen LogP contribution is 2.63. The minimum atomic E-state index is 0.0267. The third-order valence-electron chi connectivity index (χ3n) is 6.50. The van der Waals surface area contributed by atoms with Gasteiger partial charge in [-0.05, 0) is 44.1 Å². The molecule has 0 radical (unpaired) electrons. The van der Waals surface area contributed by atoms with Gasteiger partial charge < -0.3 is 15.7 Å². The molecule has 0 aliphatic heterocycles. The van der Waals surface area contributed by atoms with Crippen molar-refractivity contribution in [1.82, 2.24) is 0 Å². The molecule has 4 nitrogen and oxygen atoms in total. The Labute approximate surface area is 147 Å². The molecule has 0 aromatic rings. The number of fused-ring (bicyclic) bond motifs is 2. The molecule has 4 heteroatoms. The van der Waals surface area contributed by atoms with E-state index in [1.807, 2.05) is 6.92 Å². The maximum atomic E-state index is 8.83. The zero-order valence-corrected chi connectivity index (χ0v) is 16.1. The number of allylic oxidation sites excluding steroid dienone is 2. The van der Waals surface area contributed by atoms with E-state index in [4.69, 9.17) is 15.7 Å². The first-order valence-electron chi connectivity index (χ1n) is 9.57. The predicted molar refractivity (Wildman–Crippen MR) is 98.9 cm³/mol. The van der Waals surface area contributed by atoms with Gasteiger partial charge >= 0.3 is 0 Å². The quantitative estimate of drug-likeness (QED) is 0.214. The van der Waals surface area contributed by atoms with E-state index >= 15 is 0 Å². The molecule has 0 heterocycles. The molecular formula is C20H36N2O2. The Morgan fingerprint density at radius 3 is 2.67 bits per heavy atom. The fourth-order valence-corrected chi connectivity index (χ4v) is 4.79. The number of hydrogen-bond donors (Lipinski definition) is 2. The van der Waals surface area contributed by atoms with Crippen molar-refractivity contribution >= 4 is 5.84 Å². The predicted octanol–water partition coefficient (Wildman–Crippen LogP) is 5.06. The number of nitrogens with zero attached hydrogens (tertiary/aromatic N) is 1. The van der Waals surface area contributed by atoms with Crippen LogP contribution in [0.4, 0.5) is 0 Å². The normalized spacial score (nSPS) is 33.7. The lowest BCUT2D eigenvalue weighted by atomic mass is 9.70. The van der Waals surface area contributed by atoms with E-state index in [0.717, 1.165) is 37.4 Å². The molecule has 2 bridgehead atoms. The van der Waals surface area contributed by atoms with E-state index in [1.54, 1.807) is 0 Å². The molecular weight excluding hydrogens is 300 g/mol. The zero-order chi connectivity index (χ0) is 18.0. The first kappa shape index (κ1) is 19.1. The van der Waals surface area contributed by atoms with E-state index in [1.165, 1.54) is 19.3 Å². The third-order valence-corrected chi connectivity index (χ3v) is 6.50. The maximum absolute atomic E-state index is 8.83. The van der Waals surface area contributed by atoms with Gasteiger partial charge in [-0.1, -0.05) is 46.2 Å². The van der Waals surface area contributed by atoms with Crippen molar-refractivity contribution in [3.8, 4) is 0 Å². The van der Waals surface area contributed by atoms with Crippen LogP contribution in [0, 0.1) is 22.7 Å². The standard InChI is InChI=1S/C20H36N2O2/c1-6-7-8-16(10-9-14(2)17(21)22-23)24-18-19(3,4)15-11-12-20(18,5)13-15/h10,14-15,18,23H,6-9,11-13H2,1-5H3,(H2,21,22). The van der Waals surface area contributed by atoms with Gasteiger partial charge in [-0.25, -0.2) is 0 Å². The second kappa shape index (κ2) is 7.37. The summed E-state index contributed by atoms with van der Waals surface area (Å²) in [5.74, 6) is 2.20. The summed E-state index contributed by atoms with van der Waals surface area (Å²) in [4.78, 5) is 0. The van der Waals surface area contributed by atoms with Gasteiger partial charge in [-0.2, -0.15) is 0 Å². The fraction of sp³-hybridized carbons (Fsp3) is 0.850. The Bertz CT molecular complexity index is 493. The van der Waals surface area contributed by atoms with Crippen molar-refractivity contribution in [2.45, 2.75) is 85.7 Å². The largest absolute Gasteiger partial charge is 0.494 e. The summed E-state index contributed by atoms with van der Waals surface area (Å²) < 4.78 is 6.65. The molecule has 0 saturated heterocycles. The molecule has 0 amide bonds. The van der Waals surface area contributed by atoms with Gasteiger partial charge in [0.15, 0.2) is 0 Å². The minimum Gasteiger partial charge on any atom is -0.494 e. The Morgan fingerprint density at radius 1 is 1.42 bits per heavy atom. The molecule has 4 unspecified atom stereocenters. The average molecular weight is 337 g/mol. The highest BCUT2D eigenvalue weighted by Gasteiger charge is 2.60. The SMILES string of the molecule is CCCCC(=CCC(C)C(N)=NO)OC1C2(C)CCC(C2)C1(C)C. The summed E-state index contributed by atoms with van der Waals surface area (Å²) in [6, 6.07) is 0. The van der Waals surface area contributed by atoms with Crippen LogP contribution in [0.15, 0.2) is 17.0 Å². The number of hydrogen-bond acceptors (Lipinski definition) is 3. The number of unbranched alkanes of at least 4 members (excludes halogenated alkanes) is 1. The first-order valence-corrected chi connectivity index (χ1v) is 9.57. The van der Waals surface area contributed by atoms with Crippen molar-refractivity contribution in [1.29, 1.82) is 0 Å². The highest BCUT2D eigenvalue weighted by molar-refractivity contribution is 5.81. The van der Waals surface area contributed by atoms with Crippen molar-refractivity contribution in [2.75, 3.05) is 0 Å². The summed E-state index contributed by atoms with van der Waals surface area (Å²) in [5.41, 5.74) is 6.27. The molecule has 4 atom stereocenters. The van der Waals surface area contributed by atoms with Crippen LogP contribution < -0.4 is 5.73 Å². The molecule has 0 aromatic heterocycles. The summed E-state index contributed by atoms with van der Waals surface area (Å²) in [7, 11) is 0. The van der Waals surface area contributed by atoms with Crippen LogP contribution in [0.25, 0.3) is 0 Å². The second-order valence-corrected chi connectivity index (χ2v) is 8.85. The number of nitrogens with two attached hydrogens (primary N) is 1. The highest BCUT2D eigenvalue weighted by atomic mass is 16.5. The van der Waals surface area contributed by atoms with E-state index in [0.29, 0.717) is 11.5 Å². The van der Waals surface area contributed by atoms with Crippen LogP contribution in [0.1, 0.15) is 79.6 Å². The van der Waals surface area contributed by atoms with Crippen LogP contribution in [0.5, 0.6) is 0 Å². The smallest absolute Gasteiger partial charge is 0.142 e. The minimum absolute atomic E-state index is 0.0267. The molecule has 0 aromatic carbocycles. The van der Waals surface area contributed by atoms with E-state index < -0.39 is 0 Å². The van der Waals surface area contributed by atoms with Crippen LogP contribution in [-0.2, 0) is 4.74 Å². The lowest BCUT2D eigenvalue weighted by Gasteiger charge is -2.43. The van der Waals surface area contributed by atoms with E-state index in [9.17, 15) is 0 Å². The molecule has 138 valence electrons. The molecule has 3 N–H and O–H groups in total. The van der Waals surface area contributed by atoms with Gasteiger partial charge in [-0.15, -0.1) is 0 Å². The van der Waals surface area contributed by atoms with Gasteiger partial charge in [0.2, 0.25) is 0 Å². The first-order chi connectivity index (χ1) is 11.2. The van der Waals surface area contributed by atoms with Gasteiger partial charge in [-0.3, -0.25) is 0 Å². The Balaban J connectivity index is 2.11. The van der Waals surface area contributed by atoms with Gasteiger partial charge in [0.25, 0.3) is 0 Å². The number of amidine groups is 1. The third kappa shape index (κ3) is 3.73. The van der Waals surface area contributed by atoms with E-state index in [2.05, 4.69) is 38.9 Å². The summed E-state index contributed by atoms with van der Waals surface area (Å²) in [5, 5.41) is 11.9. The zero-order valence-electron chi connectivity index (χ0n) is 16.1. The molecule has 2 aliphatic rings. The summed E-state index contributed by atoms with van der Waals surface area (Å²) in [6.07, 6.45) is 10.4.